The molecule has 1 atom stereocenters. The Kier molecular flexibility index (Phi) is 6.61. The Labute approximate surface area is 176 Å². The van der Waals surface area contributed by atoms with Gasteiger partial charge in [0.05, 0.1) is 17.5 Å². The van der Waals surface area contributed by atoms with Gasteiger partial charge in [-0.05, 0) is 36.8 Å². The molecule has 1 aromatic heterocycles. The van der Waals surface area contributed by atoms with E-state index in [1.807, 2.05) is 6.92 Å². The van der Waals surface area contributed by atoms with E-state index in [9.17, 15) is 14.7 Å². The molecule has 9 heteroatoms. The lowest BCUT2D eigenvalue weighted by atomic mass is 10.1. The normalized spacial score (nSPS) is 12.0. The van der Waals surface area contributed by atoms with Gasteiger partial charge in [0.15, 0.2) is 11.0 Å². The van der Waals surface area contributed by atoms with Gasteiger partial charge in [0.25, 0.3) is 0 Å². The summed E-state index contributed by atoms with van der Waals surface area (Å²) in [5, 5.41) is 21.1. The maximum absolute atomic E-state index is 12.6. The zero-order valence-corrected chi connectivity index (χ0v) is 17.0. The lowest BCUT2D eigenvalue weighted by Gasteiger charge is -2.16. The number of aliphatic hydroxyl groups excluding tert-OH is 1. The van der Waals surface area contributed by atoms with E-state index in [0.29, 0.717) is 27.5 Å². The average molecular weight is 434 g/mol. The molecule has 0 saturated carbocycles. The van der Waals surface area contributed by atoms with Crippen LogP contribution in [0, 0.1) is 6.92 Å². The molecule has 0 saturated heterocycles. The number of methoxy groups -OCH3 is 1. The van der Waals surface area contributed by atoms with Gasteiger partial charge in [0.1, 0.15) is 29.4 Å². The van der Waals surface area contributed by atoms with Crippen molar-refractivity contribution in [2.75, 3.05) is 20.3 Å². The molecule has 0 bridgehead atoms. The summed E-state index contributed by atoms with van der Waals surface area (Å²) < 4.78 is 17.2. The number of carbonyl (C=O) groups is 1. The van der Waals surface area contributed by atoms with Crippen LogP contribution in [-0.4, -0.2) is 42.7 Å². The highest BCUT2D eigenvalue weighted by Crippen LogP contribution is 2.40. The molecule has 1 unspecified atom stereocenters. The van der Waals surface area contributed by atoms with Crippen LogP contribution < -0.4 is 20.2 Å². The molecule has 3 aromatic rings. The first kappa shape index (κ1) is 21.6. The maximum atomic E-state index is 12.6. The topological polar surface area (TPSA) is 118 Å². The number of rotatable bonds is 8. The van der Waals surface area contributed by atoms with E-state index >= 15 is 0 Å². The van der Waals surface area contributed by atoms with Gasteiger partial charge in [-0.1, -0.05) is 17.7 Å². The van der Waals surface area contributed by atoms with Crippen molar-refractivity contribution in [3.63, 3.8) is 0 Å². The number of hydrogen-bond donors (Lipinski definition) is 3. The van der Waals surface area contributed by atoms with Crippen LogP contribution in [0.1, 0.15) is 5.56 Å². The molecule has 0 radical (unpaired) electrons. The van der Waals surface area contributed by atoms with Crippen LogP contribution in [0.15, 0.2) is 45.6 Å². The second-order valence-corrected chi connectivity index (χ2v) is 6.88. The zero-order valence-electron chi connectivity index (χ0n) is 16.3. The Balaban J connectivity index is 2.02. The third-order valence-electron chi connectivity index (χ3n) is 4.31. The number of benzene rings is 2. The fraction of sp³-hybridized carbons (Fsp3) is 0.238. The number of fused-ring (bicyclic) bond motifs is 1. The first-order valence-corrected chi connectivity index (χ1v) is 9.38. The van der Waals surface area contributed by atoms with Crippen LogP contribution >= 0.6 is 11.6 Å². The smallest absolute Gasteiger partial charge is 0.347 e. The van der Waals surface area contributed by atoms with Gasteiger partial charge in [-0.25, -0.2) is 4.79 Å². The molecule has 0 spiro atoms. The molecule has 2 aromatic carbocycles. The number of aryl methyl sites for hydroxylation is 1. The van der Waals surface area contributed by atoms with Crippen molar-refractivity contribution in [2.24, 2.45) is 0 Å². The molecule has 1 heterocycles. The summed E-state index contributed by atoms with van der Waals surface area (Å²) >= 11 is 6.21. The van der Waals surface area contributed by atoms with Crippen molar-refractivity contribution in [2.45, 2.75) is 13.2 Å². The highest BCUT2D eigenvalue weighted by atomic mass is 35.5. The Morgan fingerprint density at radius 3 is 2.70 bits per heavy atom. The van der Waals surface area contributed by atoms with Crippen LogP contribution in [-0.2, 0) is 4.79 Å². The van der Waals surface area contributed by atoms with Crippen molar-refractivity contribution in [3.8, 4) is 22.8 Å². The second-order valence-electron chi connectivity index (χ2n) is 6.48. The fourth-order valence-electron chi connectivity index (χ4n) is 2.95. The minimum atomic E-state index is -1.69. The number of halogens is 1. The van der Waals surface area contributed by atoms with E-state index in [-0.39, 0.29) is 29.9 Å². The quantitative estimate of drug-likeness (QED) is 0.366. The number of carboxylic acids is 1. The fourth-order valence-corrected chi connectivity index (χ4v) is 3.16. The molecular formula is C21H20ClNO7. The lowest BCUT2D eigenvalue weighted by molar-refractivity contribution is -0.148. The monoisotopic (exact) mass is 433 g/mol. The van der Waals surface area contributed by atoms with E-state index in [4.69, 9.17) is 30.6 Å². The number of para-hydroxylation sites is 1. The number of aliphatic carboxylic acids is 1. The maximum Gasteiger partial charge on any atom is 0.347 e. The third-order valence-corrected chi connectivity index (χ3v) is 4.61. The number of nitrogens with one attached hydrogen (secondary N) is 1. The molecule has 3 N–H and O–H groups in total. The molecule has 0 fully saturated rings. The molecule has 0 aliphatic heterocycles. The van der Waals surface area contributed by atoms with E-state index in [2.05, 4.69) is 5.32 Å². The number of carboxylic acid groups (broad SMARTS) is 1. The summed E-state index contributed by atoms with van der Waals surface area (Å²) in [6.45, 7) is 1.96. The van der Waals surface area contributed by atoms with Crippen LogP contribution in [0.3, 0.4) is 0 Å². The van der Waals surface area contributed by atoms with Crippen molar-refractivity contribution >= 4 is 28.5 Å². The van der Waals surface area contributed by atoms with E-state index in [1.54, 1.807) is 30.3 Å². The first-order chi connectivity index (χ1) is 14.3. The Morgan fingerprint density at radius 1 is 1.27 bits per heavy atom. The van der Waals surface area contributed by atoms with Crippen LogP contribution in [0.2, 0.25) is 5.02 Å². The minimum absolute atomic E-state index is 0.0442. The van der Waals surface area contributed by atoms with Crippen molar-refractivity contribution in [1.82, 2.24) is 5.32 Å². The van der Waals surface area contributed by atoms with Gasteiger partial charge in [0.2, 0.25) is 6.23 Å². The van der Waals surface area contributed by atoms with E-state index in [1.165, 1.54) is 13.2 Å². The van der Waals surface area contributed by atoms with Crippen molar-refractivity contribution < 1.29 is 28.9 Å². The van der Waals surface area contributed by atoms with Crippen molar-refractivity contribution in [1.29, 1.82) is 0 Å². The summed E-state index contributed by atoms with van der Waals surface area (Å²) in [5.41, 5.74) is 1.24. The second kappa shape index (κ2) is 9.17. The molecule has 0 amide bonds. The lowest BCUT2D eigenvalue weighted by Crippen LogP contribution is -2.38. The minimum Gasteiger partial charge on any atom is -0.496 e. The molecule has 30 heavy (non-hydrogen) atoms. The number of aliphatic hydroxyl groups is 1. The summed E-state index contributed by atoms with van der Waals surface area (Å²) in [7, 11) is 1.49. The van der Waals surface area contributed by atoms with Gasteiger partial charge >= 0.3 is 5.97 Å². The molecule has 158 valence electrons. The molecule has 8 nitrogen and oxygen atoms in total. The molecule has 3 rings (SSSR count). The van der Waals surface area contributed by atoms with Gasteiger partial charge in [0, 0.05) is 12.6 Å². The molecule has 0 aliphatic carbocycles. The summed E-state index contributed by atoms with van der Waals surface area (Å²) in [5.74, 6) is -0.375. The summed E-state index contributed by atoms with van der Waals surface area (Å²) in [6, 6.07) is 9.76. The third kappa shape index (κ3) is 4.56. The van der Waals surface area contributed by atoms with Gasteiger partial charge < -0.3 is 24.1 Å². The Bertz CT molecular complexity index is 1140. The Morgan fingerprint density at radius 2 is 2.00 bits per heavy atom. The van der Waals surface area contributed by atoms with Gasteiger partial charge in [-0.15, -0.1) is 0 Å². The number of ether oxygens (including phenoxy) is 2. The predicted octanol–water partition coefficient (Wildman–Crippen LogP) is 2.80. The highest BCUT2D eigenvalue weighted by Gasteiger charge is 2.19. The summed E-state index contributed by atoms with van der Waals surface area (Å²) in [4.78, 5) is 23.3. The van der Waals surface area contributed by atoms with E-state index in [0.717, 1.165) is 5.56 Å². The average Bonchev–Trinajstić information content (AvgIpc) is 2.71. The predicted molar refractivity (Wildman–Crippen MR) is 111 cm³/mol. The van der Waals surface area contributed by atoms with E-state index < -0.39 is 12.2 Å². The van der Waals surface area contributed by atoms with Gasteiger partial charge in [-0.2, -0.15) is 0 Å². The standard InChI is InChI=1S/C21H20ClNO7/c1-11-8-15(28-2)18(16(9-11)29-7-6-23-20(25)21(26)27)17-10-14(24)12-4-3-5-13(22)19(12)30-17/h3-5,8-10,20,23,25H,6-7H2,1-2H3,(H,26,27). The first-order valence-electron chi connectivity index (χ1n) is 9.00. The number of hydrogen-bond acceptors (Lipinski definition) is 7. The molecular weight excluding hydrogens is 414 g/mol. The molecule has 0 aliphatic rings. The van der Waals surface area contributed by atoms with Crippen LogP contribution in [0.5, 0.6) is 11.5 Å². The zero-order chi connectivity index (χ0) is 21.8. The van der Waals surface area contributed by atoms with Gasteiger partial charge in [-0.3, -0.25) is 10.1 Å². The SMILES string of the molecule is COc1cc(C)cc(OCCNC(O)C(=O)O)c1-c1cc(=O)c2cccc(Cl)c2o1. The van der Waals surface area contributed by atoms with Crippen LogP contribution in [0.25, 0.3) is 22.3 Å². The Hall–Kier alpha value is -3.07. The highest BCUT2D eigenvalue weighted by molar-refractivity contribution is 6.34. The van der Waals surface area contributed by atoms with Crippen molar-refractivity contribution in [3.05, 3.63) is 57.2 Å². The summed E-state index contributed by atoms with van der Waals surface area (Å²) in [6.07, 6.45) is -1.69. The largest absolute Gasteiger partial charge is 0.496 e. The van der Waals surface area contributed by atoms with Crippen LogP contribution in [0.4, 0.5) is 0 Å².